The van der Waals surface area contributed by atoms with Gasteiger partial charge in [-0.2, -0.15) is 0 Å². The summed E-state index contributed by atoms with van der Waals surface area (Å²) in [4.78, 5) is 15.1. The zero-order valence-electron chi connectivity index (χ0n) is 19.2. The van der Waals surface area contributed by atoms with E-state index in [1.165, 1.54) is 12.3 Å². The molecule has 34 heavy (non-hydrogen) atoms. The number of fused-ring (bicyclic) bond motifs is 1. The molecule has 176 valence electrons. The minimum absolute atomic E-state index is 0.0351. The molecular formula is C27H27NO6. The first kappa shape index (κ1) is 23.2. The highest BCUT2D eigenvalue weighted by Crippen LogP contribution is 2.30. The van der Waals surface area contributed by atoms with E-state index >= 15 is 0 Å². The van der Waals surface area contributed by atoms with E-state index in [0.717, 1.165) is 36.9 Å². The van der Waals surface area contributed by atoms with Crippen molar-refractivity contribution in [2.75, 3.05) is 27.3 Å². The zero-order valence-corrected chi connectivity index (χ0v) is 19.2. The van der Waals surface area contributed by atoms with E-state index < -0.39 is 0 Å². The number of methoxy groups -OCH3 is 1. The Hall–Kier alpha value is -3.97. The SMILES string of the molecule is COc1ccccc1CN(C)CCCOc1ccc(-c2coc3cc(O)cc(O)c3c2=O)cc1. The molecule has 0 amide bonds. The van der Waals surface area contributed by atoms with Gasteiger partial charge in [0.15, 0.2) is 0 Å². The number of phenolic OH excluding ortho intramolecular Hbond substituents is 2. The first-order chi connectivity index (χ1) is 16.5. The lowest BCUT2D eigenvalue weighted by Gasteiger charge is -2.18. The summed E-state index contributed by atoms with van der Waals surface area (Å²) >= 11 is 0. The Morgan fingerprint density at radius 3 is 2.56 bits per heavy atom. The highest BCUT2D eigenvalue weighted by molar-refractivity contribution is 5.88. The van der Waals surface area contributed by atoms with Gasteiger partial charge in [0, 0.05) is 30.8 Å². The van der Waals surface area contributed by atoms with Crippen LogP contribution in [0.15, 0.2) is 76.1 Å². The van der Waals surface area contributed by atoms with E-state index in [4.69, 9.17) is 13.9 Å². The van der Waals surface area contributed by atoms with Crippen LogP contribution in [-0.2, 0) is 6.54 Å². The van der Waals surface area contributed by atoms with E-state index in [9.17, 15) is 15.0 Å². The van der Waals surface area contributed by atoms with Crippen LogP contribution in [0.1, 0.15) is 12.0 Å². The molecule has 4 rings (SSSR count). The predicted octanol–water partition coefficient (Wildman–Crippen LogP) is 4.78. The third kappa shape index (κ3) is 5.15. The zero-order chi connectivity index (χ0) is 24.1. The number of nitrogens with zero attached hydrogens (tertiary/aromatic N) is 1. The number of rotatable bonds is 9. The number of para-hydroxylation sites is 1. The Morgan fingerprint density at radius 1 is 1.03 bits per heavy atom. The van der Waals surface area contributed by atoms with Crippen LogP contribution < -0.4 is 14.9 Å². The summed E-state index contributed by atoms with van der Waals surface area (Å²) in [5, 5.41) is 19.7. The monoisotopic (exact) mass is 461 g/mol. The van der Waals surface area contributed by atoms with Crippen molar-refractivity contribution in [3.8, 4) is 34.1 Å². The summed E-state index contributed by atoms with van der Waals surface area (Å²) in [5.41, 5.74) is 1.87. The van der Waals surface area contributed by atoms with Gasteiger partial charge in [-0.1, -0.05) is 30.3 Å². The second kappa shape index (κ2) is 10.3. The molecule has 1 aromatic heterocycles. The van der Waals surface area contributed by atoms with Crippen molar-refractivity contribution in [1.82, 2.24) is 4.90 Å². The topological polar surface area (TPSA) is 92.4 Å². The highest BCUT2D eigenvalue weighted by Gasteiger charge is 2.14. The summed E-state index contributed by atoms with van der Waals surface area (Å²) in [6.07, 6.45) is 2.19. The Labute approximate surface area is 197 Å². The molecule has 1 heterocycles. The molecule has 0 atom stereocenters. The molecule has 0 spiro atoms. The van der Waals surface area contributed by atoms with Gasteiger partial charge in [-0.25, -0.2) is 0 Å². The van der Waals surface area contributed by atoms with Crippen LogP contribution >= 0.6 is 0 Å². The van der Waals surface area contributed by atoms with Crippen molar-refractivity contribution < 1.29 is 24.1 Å². The molecule has 0 bridgehead atoms. The molecule has 4 aromatic rings. The molecule has 0 unspecified atom stereocenters. The quantitative estimate of drug-likeness (QED) is 0.347. The number of benzene rings is 3. The average Bonchev–Trinajstić information content (AvgIpc) is 2.82. The highest BCUT2D eigenvalue weighted by atomic mass is 16.5. The first-order valence-corrected chi connectivity index (χ1v) is 11.0. The van der Waals surface area contributed by atoms with Crippen molar-refractivity contribution in [3.63, 3.8) is 0 Å². The van der Waals surface area contributed by atoms with Crippen LogP contribution in [0.25, 0.3) is 22.1 Å². The lowest BCUT2D eigenvalue weighted by molar-refractivity contribution is 0.256. The van der Waals surface area contributed by atoms with Crippen molar-refractivity contribution in [3.05, 3.63) is 82.7 Å². The van der Waals surface area contributed by atoms with Crippen LogP contribution in [0.3, 0.4) is 0 Å². The van der Waals surface area contributed by atoms with Gasteiger partial charge >= 0.3 is 0 Å². The molecule has 2 N–H and O–H groups in total. The average molecular weight is 462 g/mol. The Balaban J connectivity index is 1.34. The Kier molecular flexibility index (Phi) is 7.04. The van der Waals surface area contributed by atoms with E-state index in [-0.39, 0.29) is 27.9 Å². The second-order valence-corrected chi connectivity index (χ2v) is 8.09. The third-order valence-corrected chi connectivity index (χ3v) is 5.59. The summed E-state index contributed by atoms with van der Waals surface area (Å²) in [6.45, 7) is 2.22. The van der Waals surface area contributed by atoms with E-state index in [1.54, 1.807) is 31.4 Å². The largest absolute Gasteiger partial charge is 0.508 e. The summed E-state index contributed by atoms with van der Waals surface area (Å²) in [5.74, 6) is 1.10. The van der Waals surface area contributed by atoms with Crippen LogP contribution in [0.5, 0.6) is 23.0 Å². The number of ether oxygens (including phenoxy) is 2. The van der Waals surface area contributed by atoms with Crippen molar-refractivity contribution in [2.24, 2.45) is 0 Å². The fourth-order valence-corrected chi connectivity index (χ4v) is 3.88. The summed E-state index contributed by atoms with van der Waals surface area (Å²) in [6, 6.07) is 17.6. The molecule has 0 radical (unpaired) electrons. The summed E-state index contributed by atoms with van der Waals surface area (Å²) in [7, 11) is 3.75. The van der Waals surface area contributed by atoms with Crippen molar-refractivity contribution in [1.29, 1.82) is 0 Å². The van der Waals surface area contributed by atoms with Crippen LogP contribution in [0.4, 0.5) is 0 Å². The van der Waals surface area contributed by atoms with E-state index in [1.807, 2.05) is 18.2 Å². The number of phenols is 2. The second-order valence-electron chi connectivity index (χ2n) is 8.09. The number of hydrogen-bond donors (Lipinski definition) is 2. The molecule has 0 aliphatic rings. The number of hydrogen-bond acceptors (Lipinski definition) is 7. The standard InChI is InChI=1S/C27H27NO6/c1-28(16-19-6-3-4-7-24(19)32-2)12-5-13-33-21-10-8-18(9-11-21)22-17-34-25-15-20(29)14-23(30)26(25)27(22)31/h3-4,6-11,14-15,17,29-30H,5,12-13,16H2,1-2H3. The molecule has 3 aromatic carbocycles. The van der Waals surface area contributed by atoms with Gasteiger partial charge in [-0.15, -0.1) is 0 Å². The molecule has 7 heteroatoms. The summed E-state index contributed by atoms with van der Waals surface area (Å²) < 4.78 is 16.7. The molecule has 0 fully saturated rings. The van der Waals surface area contributed by atoms with Gasteiger partial charge in [0.25, 0.3) is 0 Å². The van der Waals surface area contributed by atoms with Gasteiger partial charge in [0.05, 0.1) is 19.3 Å². The molecule has 0 aliphatic heterocycles. The van der Waals surface area contributed by atoms with Crippen molar-refractivity contribution >= 4 is 11.0 Å². The minimum Gasteiger partial charge on any atom is -0.508 e. The molecular weight excluding hydrogens is 434 g/mol. The third-order valence-electron chi connectivity index (χ3n) is 5.59. The maximum atomic E-state index is 12.8. The van der Waals surface area contributed by atoms with Gasteiger partial charge in [0.1, 0.15) is 40.2 Å². The lowest BCUT2D eigenvalue weighted by atomic mass is 10.0. The maximum Gasteiger partial charge on any atom is 0.204 e. The fourth-order valence-electron chi connectivity index (χ4n) is 3.88. The fraction of sp³-hybridized carbons (Fsp3) is 0.222. The minimum atomic E-state index is -0.370. The lowest BCUT2D eigenvalue weighted by Crippen LogP contribution is -2.21. The van der Waals surface area contributed by atoms with Gasteiger partial charge in [-0.05, 0) is 37.2 Å². The normalized spacial score (nSPS) is 11.1. The predicted molar refractivity (Wildman–Crippen MR) is 131 cm³/mol. The van der Waals surface area contributed by atoms with Crippen LogP contribution in [0, 0.1) is 0 Å². The Bertz CT molecular complexity index is 1330. The van der Waals surface area contributed by atoms with Crippen LogP contribution in [-0.4, -0.2) is 42.4 Å². The molecule has 0 aliphatic carbocycles. The number of aromatic hydroxyl groups is 2. The van der Waals surface area contributed by atoms with Crippen LogP contribution in [0.2, 0.25) is 0 Å². The Morgan fingerprint density at radius 2 is 1.79 bits per heavy atom. The van der Waals surface area contributed by atoms with Gasteiger partial charge in [-0.3, -0.25) is 4.79 Å². The maximum absolute atomic E-state index is 12.8. The molecule has 0 saturated carbocycles. The van der Waals surface area contributed by atoms with Crippen molar-refractivity contribution in [2.45, 2.75) is 13.0 Å². The van der Waals surface area contributed by atoms with E-state index in [0.29, 0.717) is 23.5 Å². The van der Waals surface area contributed by atoms with Gasteiger partial charge < -0.3 is 29.0 Å². The smallest absolute Gasteiger partial charge is 0.204 e. The van der Waals surface area contributed by atoms with E-state index in [2.05, 4.69) is 18.0 Å². The molecule has 7 nitrogen and oxygen atoms in total. The molecule has 0 saturated heterocycles. The van der Waals surface area contributed by atoms with Gasteiger partial charge in [0.2, 0.25) is 5.43 Å². The first-order valence-electron chi connectivity index (χ1n) is 11.0.